The van der Waals surface area contributed by atoms with Crippen LogP contribution in [0.4, 0.5) is 0 Å². The zero-order valence-electron chi connectivity index (χ0n) is 15.3. The Hall–Kier alpha value is -2.40. The first-order valence-electron chi connectivity index (χ1n) is 9.52. The Morgan fingerprint density at radius 2 is 2.08 bits per heavy atom. The molecule has 26 heavy (non-hydrogen) atoms. The SMILES string of the molecule is Cc1cc2nc(CN3CCC[C@@H](CCc4ccccc4)C3)cc(=O)n2[nH]1. The third kappa shape index (κ3) is 3.88. The summed E-state index contributed by atoms with van der Waals surface area (Å²) in [5.74, 6) is 0.725. The van der Waals surface area contributed by atoms with Crippen molar-refractivity contribution in [2.75, 3.05) is 13.1 Å². The Morgan fingerprint density at radius 1 is 1.23 bits per heavy atom. The number of hydrogen-bond donors (Lipinski definition) is 1. The highest BCUT2D eigenvalue weighted by atomic mass is 16.1. The lowest BCUT2D eigenvalue weighted by Crippen LogP contribution is -2.35. The van der Waals surface area contributed by atoms with Gasteiger partial charge >= 0.3 is 0 Å². The lowest BCUT2D eigenvalue weighted by atomic mass is 9.91. The summed E-state index contributed by atoms with van der Waals surface area (Å²) >= 11 is 0. The van der Waals surface area contributed by atoms with Crippen molar-refractivity contribution >= 4 is 5.65 Å². The van der Waals surface area contributed by atoms with Crippen LogP contribution in [0.25, 0.3) is 5.65 Å². The summed E-state index contributed by atoms with van der Waals surface area (Å²) in [5, 5.41) is 3.02. The number of nitrogens with zero attached hydrogens (tertiary/aromatic N) is 3. The molecule has 0 unspecified atom stereocenters. The first-order valence-corrected chi connectivity index (χ1v) is 9.52. The van der Waals surface area contributed by atoms with Gasteiger partial charge in [0.15, 0.2) is 5.65 Å². The number of likely N-dealkylation sites (tertiary alicyclic amines) is 1. The fourth-order valence-electron chi connectivity index (χ4n) is 4.02. The van der Waals surface area contributed by atoms with Crippen molar-refractivity contribution in [1.82, 2.24) is 19.5 Å². The summed E-state index contributed by atoms with van der Waals surface area (Å²) in [5.41, 5.74) is 3.93. The normalized spacial score (nSPS) is 18.4. The number of aromatic amines is 1. The van der Waals surface area contributed by atoms with Crippen molar-refractivity contribution < 1.29 is 0 Å². The molecule has 1 aliphatic heterocycles. The molecule has 1 aromatic carbocycles. The van der Waals surface area contributed by atoms with E-state index in [1.54, 1.807) is 6.07 Å². The lowest BCUT2D eigenvalue weighted by Gasteiger charge is -2.32. The van der Waals surface area contributed by atoms with E-state index in [9.17, 15) is 4.79 Å². The lowest BCUT2D eigenvalue weighted by molar-refractivity contribution is 0.160. The molecule has 1 aliphatic rings. The van der Waals surface area contributed by atoms with E-state index in [-0.39, 0.29) is 5.56 Å². The molecule has 5 nitrogen and oxygen atoms in total. The quantitative estimate of drug-likeness (QED) is 0.769. The zero-order chi connectivity index (χ0) is 17.9. The minimum Gasteiger partial charge on any atom is -0.297 e. The number of benzene rings is 1. The van der Waals surface area contributed by atoms with Gasteiger partial charge in [-0.25, -0.2) is 9.50 Å². The minimum absolute atomic E-state index is 0.0317. The standard InChI is InChI=1S/C21H26N4O/c1-16-12-20-22-19(13-21(26)25(20)23-16)15-24-11-5-8-18(14-24)10-9-17-6-3-2-4-7-17/h2-4,6-7,12-13,18,23H,5,8-11,14-15H2,1H3/t18-/m0/s1. The van der Waals surface area contributed by atoms with Crippen LogP contribution >= 0.6 is 0 Å². The van der Waals surface area contributed by atoms with Crippen molar-refractivity contribution in [2.24, 2.45) is 5.92 Å². The zero-order valence-corrected chi connectivity index (χ0v) is 15.3. The van der Waals surface area contributed by atoms with Crippen molar-refractivity contribution in [2.45, 2.75) is 39.2 Å². The Kier molecular flexibility index (Phi) is 4.89. The van der Waals surface area contributed by atoms with E-state index in [4.69, 9.17) is 0 Å². The van der Waals surface area contributed by atoms with Crippen LogP contribution in [0.5, 0.6) is 0 Å². The molecular formula is C21H26N4O. The molecule has 0 bridgehead atoms. The third-order valence-electron chi connectivity index (χ3n) is 5.30. The summed E-state index contributed by atoms with van der Waals surface area (Å²) < 4.78 is 1.51. The molecular weight excluding hydrogens is 324 g/mol. The number of piperidine rings is 1. The molecule has 3 heterocycles. The topological polar surface area (TPSA) is 53.4 Å². The van der Waals surface area contributed by atoms with E-state index in [1.807, 2.05) is 13.0 Å². The van der Waals surface area contributed by atoms with E-state index < -0.39 is 0 Å². The molecule has 1 saturated heterocycles. The molecule has 4 rings (SSSR count). The maximum atomic E-state index is 12.3. The number of fused-ring (bicyclic) bond motifs is 1. The summed E-state index contributed by atoms with van der Waals surface area (Å²) in [6.07, 6.45) is 4.90. The van der Waals surface area contributed by atoms with Crippen molar-refractivity contribution in [1.29, 1.82) is 0 Å². The summed E-state index contributed by atoms with van der Waals surface area (Å²) in [6.45, 7) is 4.89. The number of aromatic nitrogens is 3. The van der Waals surface area contributed by atoms with E-state index in [0.29, 0.717) is 5.65 Å². The van der Waals surface area contributed by atoms with Gasteiger partial charge in [-0.2, -0.15) is 0 Å². The minimum atomic E-state index is -0.0317. The van der Waals surface area contributed by atoms with Gasteiger partial charge < -0.3 is 0 Å². The molecule has 1 fully saturated rings. The Morgan fingerprint density at radius 3 is 2.92 bits per heavy atom. The van der Waals surface area contributed by atoms with E-state index >= 15 is 0 Å². The fourth-order valence-corrected chi connectivity index (χ4v) is 4.02. The molecule has 0 radical (unpaired) electrons. The monoisotopic (exact) mass is 350 g/mol. The Balaban J connectivity index is 1.39. The smallest absolute Gasteiger partial charge is 0.272 e. The largest absolute Gasteiger partial charge is 0.297 e. The Labute approximate surface area is 153 Å². The number of hydrogen-bond acceptors (Lipinski definition) is 3. The highest BCUT2D eigenvalue weighted by Gasteiger charge is 2.20. The highest BCUT2D eigenvalue weighted by Crippen LogP contribution is 2.22. The maximum Gasteiger partial charge on any atom is 0.272 e. The van der Waals surface area contributed by atoms with Crippen LogP contribution in [-0.4, -0.2) is 32.6 Å². The number of H-pyrrole nitrogens is 1. The predicted octanol–water partition coefficient (Wildman–Crippen LogP) is 3.18. The molecule has 136 valence electrons. The Bertz CT molecular complexity index is 928. The van der Waals surface area contributed by atoms with Crippen molar-refractivity contribution in [3.63, 3.8) is 0 Å². The van der Waals surface area contributed by atoms with Gasteiger partial charge in [0.2, 0.25) is 0 Å². The first-order chi connectivity index (χ1) is 12.7. The van der Waals surface area contributed by atoms with E-state index in [0.717, 1.165) is 43.4 Å². The molecule has 0 amide bonds. The second-order valence-corrected chi connectivity index (χ2v) is 7.49. The summed E-state index contributed by atoms with van der Waals surface area (Å²) in [6, 6.07) is 14.3. The molecule has 0 saturated carbocycles. The van der Waals surface area contributed by atoms with Crippen molar-refractivity contribution in [3.8, 4) is 0 Å². The van der Waals surface area contributed by atoms with E-state index in [1.165, 1.54) is 29.3 Å². The van der Waals surface area contributed by atoms with Gasteiger partial charge in [-0.05, 0) is 50.6 Å². The van der Waals surface area contributed by atoms with E-state index in [2.05, 4.69) is 45.3 Å². The van der Waals surface area contributed by atoms with Crippen LogP contribution in [0.1, 0.15) is 36.2 Å². The molecule has 0 aliphatic carbocycles. The number of rotatable bonds is 5. The average Bonchev–Trinajstić information content (AvgIpc) is 3.02. The fraction of sp³-hybridized carbons (Fsp3) is 0.429. The number of nitrogens with one attached hydrogen (secondary N) is 1. The molecule has 0 spiro atoms. The van der Waals surface area contributed by atoms with Gasteiger partial charge in [-0.3, -0.25) is 14.8 Å². The molecule has 5 heteroatoms. The number of aryl methyl sites for hydroxylation is 2. The molecule has 1 atom stereocenters. The second-order valence-electron chi connectivity index (χ2n) is 7.49. The maximum absolute atomic E-state index is 12.3. The average molecular weight is 350 g/mol. The van der Waals surface area contributed by atoms with Gasteiger partial charge in [0.25, 0.3) is 5.56 Å². The van der Waals surface area contributed by atoms with Gasteiger partial charge in [-0.1, -0.05) is 30.3 Å². The third-order valence-corrected chi connectivity index (χ3v) is 5.30. The molecule has 1 N–H and O–H groups in total. The van der Waals surface area contributed by atoms with Gasteiger partial charge in [0, 0.05) is 30.9 Å². The van der Waals surface area contributed by atoms with Gasteiger partial charge in [0.05, 0.1) is 5.69 Å². The van der Waals surface area contributed by atoms with Crippen LogP contribution in [-0.2, 0) is 13.0 Å². The van der Waals surface area contributed by atoms with Crippen LogP contribution in [0, 0.1) is 12.8 Å². The highest BCUT2D eigenvalue weighted by molar-refractivity contribution is 5.39. The van der Waals surface area contributed by atoms with Crippen molar-refractivity contribution in [3.05, 3.63) is 69.8 Å². The molecule has 3 aromatic rings. The molecule has 2 aromatic heterocycles. The van der Waals surface area contributed by atoms with Crippen LogP contribution < -0.4 is 5.56 Å². The van der Waals surface area contributed by atoms with Gasteiger partial charge in [0.1, 0.15) is 0 Å². The summed E-state index contributed by atoms with van der Waals surface area (Å²) in [4.78, 5) is 19.4. The first kappa shape index (κ1) is 17.0. The predicted molar refractivity (Wildman–Crippen MR) is 103 cm³/mol. The van der Waals surface area contributed by atoms with Crippen LogP contribution in [0.3, 0.4) is 0 Å². The second kappa shape index (κ2) is 7.46. The van der Waals surface area contributed by atoms with Crippen LogP contribution in [0.2, 0.25) is 0 Å². The van der Waals surface area contributed by atoms with Crippen LogP contribution in [0.15, 0.2) is 47.3 Å². The van der Waals surface area contributed by atoms with Gasteiger partial charge in [-0.15, -0.1) is 0 Å². The summed E-state index contributed by atoms with van der Waals surface area (Å²) in [7, 11) is 0.